The third-order valence-corrected chi connectivity index (χ3v) is 14.6. The van der Waals surface area contributed by atoms with Gasteiger partial charge in [0.15, 0.2) is 0 Å². The van der Waals surface area contributed by atoms with Crippen molar-refractivity contribution in [1.29, 1.82) is 0 Å². The number of esters is 2. The average Bonchev–Trinajstić information content (AvgIpc) is 1.65. The molecule has 0 aliphatic carbocycles. The Morgan fingerprint density at radius 2 is 0.737 bits per heavy atom. The highest BCUT2D eigenvalue weighted by Gasteiger charge is 2.21. The minimum Gasteiger partial charge on any atom is -0.468 e. The number of aromatic nitrogens is 16. The van der Waals surface area contributed by atoms with Crippen LogP contribution in [0.15, 0.2) is 227 Å². The van der Waals surface area contributed by atoms with Gasteiger partial charge >= 0.3 is 30.2 Å². The number of rotatable bonds is 21. The van der Waals surface area contributed by atoms with Crippen LogP contribution >= 0.6 is 0 Å². The van der Waals surface area contributed by atoms with E-state index in [4.69, 9.17) is 38.9 Å². The van der Waals surface area contributed by atoms with E-state index in [2.05, 4.69) is 103 Å². The van der Waals surface area contributed by atoms with Crippen LogP contribution in [0.1, 0.15) is 67.9 Å². The molecule has 0 aliphatic rings. The molecule has 8 heterocycles. The summed E-state index contributed by atoms with van der Waals surface area (Å²) in [6.07, 6.45) is 17.7. The van der Waals surface area contributed by atoms with Crippen LogP contribution in [0.4, 0.5) is 37.1 Å². The summed E-state index contributed by atoms with van der Waals surface area (Å²) in [5, 5.41) is 27.3. The topological polar surface area (TPSA) is 416 Å². The molecule has 0 aliphatic heterocycles. The number of nitrogens with zero attached hydrogens (tertiary/aromatic N) is 15. The minimum absolute atomic E-state index is 0.00236. The normalized spacial score (nSPS) is 10.9. The molecular weight excluding hydrogens is 1470 g/mol. The lowest BCUT2D eigenvalue weighted by Gasteiger charge is -2.19. The summed E-state index contributed by atoms with van der Waals surface area (Å²) in [4.78, 5) is 92.0. The zero-order chi connectivity index (χ0) is 81.2. The number of H-pyrrole nitrogens is 1. The van der Waals surface area contributed by atoms with Gasteiger partial charge in [0.2, 0.25) is 23.5 Å². The van der Waals surface area contributed by atoms with Crippen molar-refractivity contribution in [2.24, 2.45) is 0 Å². The van der Waals surface area contributed by atoms with Gasteiger partial charge in [-0.2, -0.15) is 20.4 Å². The predicted molar refractivity (Wildman–Crippen MR) is 419 cm³/mol. The van der Waals surface area contributed by atoms with Crippen LogP contribution in [0.3, 0.4) is 0 Å². The fraction of sp³-hybridized carbons (Fsp3) is 0.212. The van der Waals surface area contributed by atoms with Crippen LogP contribution in [0, 0.1) is 0 Å². The Morgan fingerprint density at radius 3 is 1.08 bits per heavy atom. The molecule has 8 aromatic heterocycles. The quantitative estimate of drug-likeness (QED) is 0.0253. The molecule has 3 amide bonds. The Bertz CT molecular complexity index is 5370. The summed E-state index contributed by atoms with van der Waals surface area (Å²) in [6, 6.07) is 44.8. The number of methoxy groups -OCH3 is 2. The number of benzene rings is 5. The van der Waals surface area contributed by atoms with Gasteiger partial charge in [0.05, 0.1) is 68.3 Å². The number of nitrogens with one attached hydrogen (secondary N) is 4. The zero-order valence-electron chi connectivity index (χ0n) is 64.0. The fourth-order valence-electron chi connectivity index (χ4n) is 9.75. The molecule has 0 radical (unpaired) electrons. The molecule has 34 heteroatoms. The van der Waals surface area contributed by atoms with Gasteiger partial charge in [-0.1, -0.05) is 54.6 Å². The van der Waals surface area contributed by atoms with E-state index in [1.807, 2.05) is 49.8 Å². The number of hydrogen-bond donors (Lipinski definition) is 5. The van der Waals surface area contributed by atoms with Crippen molar-refractivity contribution in [1.82, 2.24) is 79.4 Å². The fourth-order valence-corrected chi connectivity index (χ4v) is 9.75. The Hall–Kier alpha value is -15.0. The summed E-state index contributed by atoms with van der Waals surface area (Å²) in [5.74, 6) is 2.77. The molecule has 0 spiro atoms. The van der Waals surface area contributed by atoms with Crippen LogP contribution in [0.5, 0.6) is 46.5 Å². The van der Waals surface area contributed by atoms with Crippen LogP contribution in [0.2, 0.25) is 0 Å². The van der Waals surface area contributed by atoms with Crippen molar-refractivity contribution in [3.05, 3.63) is 232 Å². The molecule has 0 fully saturated rings. The number of ether oxygens (including phenoxy) is 9. The second-order valence-corrected chi connectivity index (χ2v) is 27.3. The molecule has 13 aromatic rings. The first kappa shape index (κ1) is 81.5. The van der Waals surface area contributed by atoms with Crippen LogP contribution in [-0.2, 0) is 52.9 Å². The van der Waals surface area contributed by atoms with Crippen molar-refractivity contribution >= 4 is 53.0 Å². The third-order valence-electron chi connectivity index (χ3n) is 14.6. The molecule has 0 bridgehead atoms. The van der Waals surface area contributed by atoms with Gasteiger partial charge in [-0.15, -0.1) is 0 Å². The number of anilines is 4. The number of nitrogen functional groups attached to an aromatic ring is 1. The van der Waals surface area contributed by atoms with E-state index < -0.39 is 41.1 Å². The monoisotopic (exact) mass is 1550 g/mol. The molecule has 0 saturated heterocycles. The molecule has 5 aromatic carbocycles. The van der Waals surface area contributed by atoms with Gasteiger partial charge in [0, 0.05) is 118 Å². The Balaban J connectivity index is 0.000000162. The van der Waals surface area contributed by atoms with Crippen molar-refractivity contribution in [2.75, 3.05) is 35.9 Å². The molecular formula is C80H82N20O14. The van der Waals surface area contributed by atoms with Gasteiger partial charge in [0.1, 0.15) is 78.2 Å². The Morgan fingerprint density at radius 1 is 0.395 bits per heavy atom. The first-order chi connectivity index (χ1) is 54.6. The second kappa shape index (κ2) is 38.4. The smallest absolute Gasteiger partial charge is 0.412 e. The van der Waals surface area contributed by atoms with E-state index in [1.165, 1.54) is 54.5 Å². The molecule has 6 N–H and O–H groups in total. The molecule has 0 saturated carbocycles. The first-order valence-electron chi connectivity index (χ1n) is 35.0. The number of amides is 3. The van der Waals surface area contributed by atoms with Gasteiger partial charge in [-0.05, 0) is 116 Å². The van der Waals surface area contributed by atoms with Gasteiger partial charge in [-0.3, -0.25) is 44.7 Å². The van der Waals surface area contributed by atoms with Crippen molar-refractivity contribution in [3.8, 4) is 91.5 Å². The number of carbonyl (C=O) groups excluding carboxylic acids is 5. The maximum absolute atomic E-state index is 12.0. The number of carbonyl (C=O) groups is 5. The zero-order valence-corrected chi connectivity index (χ0v) is 64.0. The van der Waals surface area contributed by atoms with Crippen LogP contribution < -0.4 is 40.6 Å². The maximum atomic E-state index is 12.0. The Kier molecular flexibility index (Phi) is 27.5. The molecule has 586 valence electrons. The van der Waals surface area contributed by atoms with E-state index in [-0.39, 0.29) is 19.1 Å². The largest absolute Gasteiger partial charge is 0.468 e. The van der Waals surface area contributed by atoms with E-state index in [9.17, 15) is 24.0 Å². The number of hydrogen-bond acceptors (Lipinski definition) is 27. The second-order valence-electron chi connectivity index (χ2n) is 27.3. The Labute approximate surface area is 654 Å². The number of aromatic amines is 1. The van der Waals surface area contributed by atoms with Gasteiger partial charge in [0.25, 0.3) is 0 Å². The van der Waals surface area contributed by atoms with Crippen LogP contribution in [-0.4, -0.2) is 141 Å². The highest BCUT2D eigenvalue weighted by Crippen LogP contribution is 2.31. The lowest BCUT2D eigenvalue weighted by atomic mass is 10.2. The van der Waals surface area contributed by atoms with E-state index in [1.54, 1.807) is 206 Å². The standard InChI is InChI=1S/C25H25N5O3.C21H23N5O5.C18H19N5O3.C16H15N5O3/c1-25(2,3)33-24(31)29-20-10-7-11-21(12-20)32-23-13-22(26-17-27-23)19-14-28-30(16-19)15-18-8-5-4-6-9-18;1-21(2,3)31-20(28)25-15-6-5-7-16(8-15)30-18-9-17(22-13-23-18)14-10-24-26(11-14)12-19(27)29-4;1-18(2,3)26-17(24)23-13-5-4-6-14(7-13)25-16-8-15(19-11-20-16)12-9-21-22-10-12;1-23-16(22)9-21-8-11(7-20-21)14-6-15(19-10-18-14)24-13-4-2-3-12(17)5-13/h4-14,16-17H,15H2,1-3H3,(H,29,31);5-11,13H,12H2,1-4H3,(H,25,28);4-11H,1-3H3,(H,21,22)(H,23,24);2-8,10H,9,17H2,1H3. The molecule has 13 rings (SSSR count). The summed E-state index contributed by atoms with van der Waals surface area (Å²) in [7, 11) is 2.65. The van der Waals surface area contributed by atoms with E-state index in [0.717, 1.165) is 16.7 Å². The van der Waals surface area contributed by atoms with Crippen molar-refractivity contribution < 1.29 is 66.6 Å². The SMILES string of the molecule is CC(C)(C)OC(=O)Nc1cccc(Oc2cc(-c3cn[nH]c3)ncn2)c1.CC(C)(C)OC(=O)Nc1cccc(Oc2cc(-c3cnn(Cc4ccccc4)c3)ncn2)c1.COC(=O)Cn1cc(-c2cc(Oc3cccc(N)c3)ncn2)cn1.COC(=O)Cn1cc(-c2cc(Oc3cccc(NC(=O)OC(C)(C)C)c3)ncn2)cn1. The van der Waals surface area contributed by atoms with Crippen LogP contribution in [0.25, 0.3) is 45.0 Å². The highest BCUT2D eigenvalue weighted by molar-refractivity contribution is 5.86. The average molecular weight is 1550 g/mol. The van der Waals surface area contributed by atoms with E-state index in [0.29, 0.717) is 104 Å². The summed E-state index contributed by atoms with van der Waals surface area (Å²) >= 11 is 0. The van der Waals surface area contributed by atoms with Crippen molar-refractivity contribution in [3.63, 3.8) is 0 Å². The third kappa shape index (κ3) is 27.0. The van der Waals surface area contributed by atoms with Gasteiger partial charge in [-0.25, -0.2) is 54.3 Å². The maximum Gasteiger partial charge on any atom is 0.412 e. The summed E-state index contributed by atoms with van der Waals surface area (Å²) in [5.41, 5.74) is 13.1. The highest BCUT2D eigenvalue weighted by atomic mass is 16.6. The molecule has 0 unspecified atom stereocenters. The van der Waals surface area contributed by atoms with Gasteiger partial charge < -0.3 is 48.4 Å². The molecule has 0 atom stereocenters. The molecule has 34 nitrogen and oxygen atoms in total. The predicted octanol–water partition coefficient (Wildman–Crippen LogP) is 15.1. The lowest BCUT2D eigenvalue weighted by Crippen LogP contribution is -2.27. The lowest BCUT2D eigenvalue weighted by molar-refractivity contribution is -0.142. The summed E-state index contributed by atoms with van der Waals surface area (Å²) < 4.78 is 52.9. The number of nitrogens with two attached hydrogens (primary N) is 1. The summed E-state index contributed by atoms with van der Waals surface area (Å²) in [6.45, 7) is 16.9. The first-order valence-corrected chi connectivity index (χ1v) is 35.0. The minimum atomic E-state index is -0.597. The molecule has 114 heavy (non-hydrogen) atoms. The van der Waals surface area contributed by atoms with E-state index >= 15 is 0 Å². The van der Waals surface area contributed by atoms with Crippen molar-refractivity contribution in [2.45, 2.75) is 98.8 Å².